The number of fused-ring (bicyclic) bond motifs is 2. The Morgan fingerprint density at radius 3 is 1.55 bits per heavy atom. The molecule has 0 fully saturated rings. The highest BCUT2D eigenvalue weighted by Gasteiger charge is 2.19. The van der Waals surface area contributed by atoms with Crippen LogP contribution in [-0.2, 0) is 0 Å². The highest BCUT2D eigenvalue weighted by Crippen LogP contribution is 2.33. The fraction of sp³-hybridized carbons (Fsp3) is 0.0435. The average Bonchev–Trinajstić information content (AvgIpc) is 2.75. The van der Waals surface area contributed by atoms with Crippen LogP contribution in [0.25, 0.3) is 21.8 Å². The van der Waals surface area contributed by atoms with Gasteiger partial charge in [-0.05, 0) is 41.0 Å². The van der Waals surface area contributed by atoms with Crippen molar-refractivity contribution >= 4 is 21.8 Å². The summed E-state index contributed by atoms with van der Waals surface area (Å²) in [5.41, 5.74) is 1.71. The maximum Gasteiger partial charge on any atom is 0.419 e. The Hall–Kier alpha value is -4.46. The van der Waals surface area contributed by atoms with E-state index in [4.69, 9.17) is 0 Å². The fourth-order valence-corrected chi connectivity index (χ4v) is 3.81. The van der Waals surface area contributed by atoms with Gasteiger partial charge in [0.05, 0.1) is 21.8 Å². The standard InChI is InChI=1S/C23H14N2O6/c26-20-15-10-13(6-8-17(15)24-22(28)30-20)19(12-4-2-1-3-5-12)14-7-9-18-16(11-14)21(27)31-23(29)25-18/h1-11,19H,(H,24,28)(H,25,29). The predicted octanol–water partition coefficient (Wildman–Crippen LogP) is 2.46. The van der Waals surface area contributed by atoms with Crippen molar-refractivity contribution in [2.45, 2.75) is 5.92 Å². The molecule has 152 valence electrons. The van der Waals surface area contributed by atoms with E-state index in [-0.39, 0.29) is 16.7 Å². The number of aromatic amines is 2. The van der Waals surface area contributed by atoms with E-state index in [9.17, 15) is 19.2 Å². The molecular formula is C23H14N2O6. The Balaban J connectivity index is 1.78. The van der Waals surface area contributed by atoms with Gasteiger partial charge >= 0.3 is 22.8 Å². The minimum absolute atomic E-state index is 0.239. The number of hydrogen-bond acceptors (Lipinski definition) is 6. The van der Waals surface area contributed by atoms with Gasteiger partial charge in [-0.1, -0.05) is 42.5 Å². The first kappa shape index (κ1) is 18.6. The van der Waals surface area contributed by atoms with Crippen molar-refractivity contribution < 1.29 is 8.83 Å². The lowest BCUT2D eigenvalue weighted by atomic mass is 9.84. The maximum atomic E-state index is 12.2. The first-order valence-electron chi connectivity index (χ1n) is 9.39. The number of nitrogens with one attached hydrogen (secondary N) is 2. The van der Waals surface area contributed by atoms with E-state index in [0.717, 1.165) is 16.7 Å². The molecular weight excluding hydrogens is 400 g/mol. The second-order valence-electron chi connectivity index (χ2n) is 7.06. The van der Waals surface area contributed by atoms with Crippen molar-refractivity contribution in [2.24, 2.45) is 0 Å². The van der Waals surface area contributed by atoms with Crippen LogP contribution in [-0.4, -0.2) is 9.97 Å². The summed E-state index contributed by atoms with van der Waals surface area (Å²) in [5.74, 6) is -1.98. The molecule has 0 saturated carbocycles. The Morgan fingerprint density at radius 2 is 1.06 bits per heavy atom. The normalized spacial score (nSPS) is 11.4. The number of hydrogen-bond donors (Lipinski definition) is 2. The second-order valence-corrected chi connectivity index (χ2v) is 7.06. The highest BCUT2D eigenvalue weighted by atomic mass is 16.4. The Kier molecular flexibility index (Phi) is 4.25. The van der Waals surface area contributed by atoms with Gasteiger partial charge in [0.1, 0.15) is 0 Å². The van der Waals surface area contributed by atoms with Crippen LogP contribution in [0.4, 0.5) is 0 Å². The third-order valence-electron chi connectivity index (χ3n) is 5.17. The van der Waals surface area contributed by atoms with Crippen molar-refractivity contribution in [1.82, 2.24) is 9.97 Å². The molecule has 0 spiro atoms. The van der Waals surface area contributed by atoms with Gasteiger partial charge in [-0.25, -0.2) is 19.2 Å². The molecule has 0 amide bonds. The van der Waals surface area contributed by atoms with E-state index in [0.29, 0.717) is 11.0 Å². The summed E-state index contributed by atoms with van der Waals surface area (Å²) in [6, 6.07) is 19.8. The second kappa shape index (κ2) is 7.10. The summed E-state index contributed by atoms with van der Waals surface area (Å²) in [7, 11) is 0. The van der Waals surface area contributed by atoms with Crippen molar-refractivity contribution in [1.29, 1.82) is 0 Å². The Labute approximate surface area is 172 Å². The lowest BCUT2D eigenvalue weighted by Gasteiger charge is -2.19. The molecule has 0 unspecified atom stereocenters. The Bertz CT molecular complexity index is 1570. The summed E-state index contributed by atoms with van der Waals surface area (Å²) in [5, 5.41) is 0.477. The van der Waals surface area contributed by atoms with Crippen LogP contribution in [0.15, 0.2) is 94.7 Å². The monoisotopic (exact) mass is 414 g/mol. The third-order valence-corrected chi connectivity index (χ3v) is 5.17. The molecule has 2 heterocycles. The average molecular weight is 414 g/mol. The van der Waals surface area contributed by atoms with E-state index in [1.165, 1.54) is 0 Å². The molecule has 0 bridgehead atoms. The first-order valence-corrected chi connectivity index (χ1v) is 9.39. The molecule has 0 aliphatic rings. The van der Waals surface area contributed by atoms with Crippen LogP contribution >= 0.6 is 0 Å². The van der Waals surface area contributed by atoms with Gasteiger partial charge in [0.15, 0.2) is 0 Å². The smallest absolute Gasteiger partial charge is 0.372 e. The molecule has 0 radical (unpaired) electrons. The molecule has 31 heavy (non-hydrogen) atoms. The van der Waals surface area contributed by atoms with Crippen LogP contribution in [0, 0.1) is 0 Å². The van der Waals surface area contributed by atoms with E-state index in [2.05, 4.69) is 18.8 Å². The molecule has 0 aliphatic carbocycles. The molecule has 0 atom stereocenters. The predicted molar refractivity (Wildman–Crippen MR) is 114 cm³/mol. The summed E-state index contributed by atoms with van der Waals surface area (Å²) < 4.78 is 9.33. The summed E-state index contributed by atoms with van der Waals surface area (Å²) >= 11 is 0. The third kappa shape index (κ3) is 3.29. The summed E-state index contributed by atoms with van der Waals surface area (Å²) in [4.78, 5) is 52.4. The van der Waals surface area contributed by atoms with Crippen LogP contribution in [0.5, 0.6) is 0 Å². The molecule has 8 nitrogen and oxygen atoms in total. The van der Waals surface area contributed by atoms with Crippen molar-refractivity contribution in [3.8, 4) is 0 Å². The van der Waals surface area contributed by atoms with Gasteiger partial charge < -0.3 is 8.83 Å². The molecule has 8 heteroatoms. The number of aromatic nitrogens is 2. The highest BCUT2D eigenvalue weighted by molar-refractivity contribution is 5.80. The molecule has 5 rings (SSSR count). The van der Waals surface area contributed by atoms with Crippen LogP contribution in [0.1, 0.15) is 22.6 Å². The van der Waals surface area contributed by atoms with Crippen LogP contribution < -0.4 is 22.8 Å². The molecule has 0 aliphatic heterocycles. The fourth-order valence-electron chi connectivity index (χ4n) is 3.81. The number of H-pyrrole nitrogens is 2. The van der Waals surface area contributed by atoms with Gasteiger partial charge in [-0.15, -0.1) is 0 Å². The quantitative estimate of drug-likeness (QED) is 0.437. The lowest BCUT2D eigenvalue weighted by Crippen LogP contribution is -2.16. The van der Waals surface area contributed by atoms with Crippen LogP contribution in [0.2, 0.25) is 0 Å². The van der Waals surface area contributed by atoms with E-state index in [1.54, 1.807) is 36.4 Å². The van der Waals surface area contributed by atoms with E-state index in [1.807, 2.05) is 30.3 Å². The van der Waals surface area contributed by atoms with E-state index >= 15 is 0 Å². The molecule has 2 N–H and O–H groups in total. The zero-order valence-electron chi connectivity index (χ0n) is 15.9. The van der Waals surface area contributed by atoms with Gasteiger partial charge in [-0.2, -0.15) is 0 Å². The number of rotatable bonds is 3. The zero-order chi connectivity index (χ0) is 21.5. The van der Waals surface area contributed by atoms with Gasteiger partial charge in [0.2, 0.25) is 0 Å². The van der Waals surface area contributed by atoms with Crippen molar-refractivity contribution in [3.63, 3.8) is 0 Å². The first-order chi connectivity index (χ1) is 15.0. The van der Waals surface area contributed by atoms with Crippen LogP contribution in [0.3, 0.4) is 0 Å². The summed E-state index contributed by atoms with van der Waals surface area (Å²) in [6.45, 7) is 0. The molecule has 2 aromatic heterocycles. The Morgan fingerprint density at radius 1 is 0.581 bits per heavy atom. The topological polar surface area (TPSA) is 126 Å². The van der Waals surface area contributed by atoms with Crippen molar-refractivity contribution in [2.75, 3.05) is 0 Å². The van der Waals surface area contributed by atoms with Gasteiger partial charge in [0.25, 0.3) is 0 Å². The molecule has 3 aromatic carbocycles. The lowest BCUT2D eigenvalue weighted by molar-refractivity contribution is 0.460. The van der Waals surface area contributed by atoms with Gasteiger partial charge in [0, 0.05) is 5.92 Å². The maximum absolute atomic E-state index is 12.2. The molecule has 0 saturated heterocycles. The number of benzene rings is 3. The van der Waals surface area contributed by atoms with E-state index < -0.39 is 22.8 Å². The SMILES string of the molecule is O=c1[nH]c2ccc(C(c3ccccc3)c3ccc4[nH]c(=O)oc(=O)c4c3)cc2c(=O)o1. The minimum Gasteiger partial charge on any atom is -0.372 e. The summed E-state index contributed by atoms with van der Waals surface area (Å²) in [6.07, 6.45) is 0. The van der Waals surface area contributed by atoms with Crippen molar-refractivity contribution in [3.05, 3.63) is 125 Å². The zero-order valence-corrected chi connectivity index (χ0v) is 15.9. The minimum atomic E-state index is -0.819. The largest absolute Gasteiger partial charge is 0.419 e. The molecule has 5 aromatic rings. The van der Waals surface area contributed by atoms with Gasteiger partial charge in [-0.3, -0.25) is 9.97 Å².